The average molecular weight is 342 g/mol. The monoisotopic (exact) mass is 342 g/mol. The van der Waals surface area contributed by atoms with E-state index in [4.69, 9.17) is 0 Å². The van der Waals surface area contributed by atoms with Crippen LogP contribution in [0.4, 0.5) is 24.5 Å². The first-order chi connectivity index (χ1) is 11.1. The van der Waals surface area contributed by atoms with Gasteiger partial charge in [-0.1, -0.05) is 0 Å². The molecule has 1 aromatic heterocycles. The SMILES string of the molecule is Cc1nn(CC(=O)Nc2ccc(C(F)(F)F)cc2)c(C)c1[N+](=O)[O-]. The smallest absolute Gasteiger partial charge is 0.324 e. The van der Waals surface area contributed by atoms with Crippen LogP contribution in [0, 0.1) is 24.0 Å². The van der Waals surface area contributed by atoms with Gasteiger partial charge in [0.1, 0.15) is 17.9 Å². The van der Waals surface area contributed by atoms with E-state index in [2.05, 4.69) is 10.4 Å². The van der Waals surface area contributed by atoms with Crippen molar-refractivity contribution in [2.45, 2.75) is 26.6 Å². The molecule has 128 valence electrons. The quantitative estimate of drug-likeness (QED) is 0.683. The molecule has 0 saturated heterocycles. The fourth-order valence-corrected chi connectivity index (χ4v) is 2.18. The molecule has 0 aliphatic rings. The van der Waals surface area contributed by atoms with Gasteiger partial charge in [0.25, 0.3) is 0 Å². The number of aryl methyl sites for hydroxylation is 1. The zero-order valence-corrected chi connectivity index (χ0v) is 12.7. The number of aromatic nitrogens is 2. The molecular weight excluding hydrogens is 329 g/mol. The second-order valence-electron chi connectivity index (χ2n) is 5.06. The lowest BCUT2D eigenvalue weighted by atomic mass is 10.2. The Morgan fingerprint density at radius 1 is 1.29 bits per heavy atom. The van der Waals surface area contributed by atoms with Crippen molar-refractivity contribution in [2.24, 2.45) is 0 Å². The highest BCUT2D eigenvalue weighted by Gasteiger charge is 2.30. The molecule has 1 heterocycles. The number of carbonyl (C=O) groups excluding carboxylic acids is 1. The fourth-order valence-electron chi connectivity index (χ4n) is 2.18. The summed E-state index contributed by atoms with van der Waals surface area (Å²) < 4.78 is 38.6. The molecule has 0 atom stereocenters. The number of halogens is 3. The molecule has 1 aromatic carbocycles. The number of benzene rings is 1. The predicted octanol–water partition coefficient (Wildman–Crippen LogP) is 3.07. The van der Waals surface area contributed by atoms with Crippen molar-refractivity contribution in [1.82, 2.24) is 9.78 Å². The zero-order chi connectivity index (χ0) is 18.1. The predicted molar refractivity (Wildman–Crippen MR) is 78.4 cm³/mol. The molecule has 0 bridgehead atoms. The maximum absolute atomic E-state index is 12.5. The fraction of sp³-hybridized carbons (Fsp3) is 0.286. The molecule has 0 unspecified atom stereocenters. The maximum Gasteiger partial charge on any atom is 0.416 e. The molecule has 7 nitrogen and oxygen atoms in total. The lowest BCUT2D eigenvalue weighted by molar-refractivity contribution is -0.386. The number of nitrogens with zero attached hydrogens (tertiary/aromatic N) is 3. The Morgan fingerprint density at radius 3 is 2.33 bits per heavy atom. The van der Waals surface area contributed by atoms with E-state index in [0.29, 0.717) is 0 Å². The number of amides is 1. The normalized spacial score (nSPS) is 11.4. The van der Waals surface area contributed by atoms with E-state index < -0.39 is 22.6 Å². The summed E-state index contributed by atoms with van der Waals surface area (Å²) in [5.41, 5.74) is -0.407. The van der Waals surface area contributed by atoms with Crippen LogP contribution < -0.4 is 5.32 Å². The summed E-state index contributed by atoms with van der Waals surface area (Å²) in [6.07, 6.45) is -4.45. The molecule has 24 heavy (non-hydrogen) atoms. The van der Waals surface area contributed by atoms with Crippen LogP contribution in [-0.2, 0) is 17.5 Å². The van der Waals surface area contributed by atoms with Crippen LogP contribution in [0.15, 0.2) is 24.3 Å². The van der Waals surface area contributed by atoms with Crippen molar-refractivity contribution < 1.29 is 22.9 Å². The number of anilines is 1. The van der Waals surface area contributed by atoms with Crippen LogP contribution >= 0.6 is 0 Å². The van der Waals surface area contributed by atoms with Gasteiger partial charge in [0, 0.05) is 5.69 Å². The number of alkyl halides is 3. The first-order valence-electron chi connectivity index (χ1n) is 6.75. The number of nitrogens with one attached hydrogen (secondary N) is 1. The lowest BCUT2D eigenvalue weighted by Gasteiger charge is -2.09. The van der Waals surface area contributed by atoms with Gasteiger partial charge in [-0.25, -0.2) is 0 Å². The molecule has 0 radical (unpaired) electrons. The van der Waals surface area contributed by atoms with Gasteiger partial charge in [-0.15, -0.1) is 0 Å². The largest absolute Gasteiger partial charge is 0.416 e. The van der Waals surface area contributed by atoms with E-state index in [1.165, 1.54) is 18.5 Å². The Hall–Kier alpha value is -2.91. The van der Waals surface area contributed by atoms with Gasteiger partial charge in [0.05, 0.1) is 10.5 Å². The Kier molecular flexibility index (Phi) is 4.58. The number of nitro groups is 1. The molecule has 0 aliphatic heterocycles. The van der Waals surface area contributed by atoms with Gasteiger partial charge in [0.2, 0.25) is 5.91 Å². The number of carbonyl (C=O) groups is 1. The highest BCUT2D eigenvalue weighted by Crippen LogP contribution is 2.29. The summed E-state index contributed by atoms with van der Waals surface area (Å²) in [5.74, 6) is -0.560. The molecule has 2 aromatic rings. The van der Waals surface area contributed by atoms with E-state index in [0.717, 1.165) is 24.3 Å². The molecule has 1 N–H and O–H groups in total. The molecule has 2 rings (SSSR count). The molecule has 0 saturated carbocycles. The standard InChI is InChI=1S/C14H13F3N4O3/c1-8-13(21(23)24)9(2)20(19-8)7-12(22)18-11-5-3-10(4-6-11)14(15,16)17/h3-6H,7H2,1-2H3,(H,18,22). The lowest BCUT2D eigenvalue weighted by Crippen LogP contribution is -2.20. The van der Waals surface area contributed by atoms with Gasteiger partial charge in [-0.2, -0.15) is 18.3 Å². The van der Waals surface area contributed by atoms with Gasteiger partial charge < -0.3 is 5.32 Å². The van der Waals surface area contributed by atoms with Crippen LogP contribution in [0.2, 0.25) is 0 Å². The minimum atomic E-state index is -4.45. The highest BCUT2D eigenvalue weighted by atomic mass is 19.4. The van der Waals surface area contributed by atoms with E-state index in [1.54, 1.807) is 0 Å². The van der Waals surface area contributed by atoms with Gasteiger partial charge in [0.15, 0.2) is 0 Å². The zero-order valence-electron chi connectivity index (χ0n) is 12.7. The summed E-state index contributed by atoms with van der Waals surface area (Å²) in [7, 11) is 0. The highest BCUT2D eigenvalue weighted by molar-refractivity contribution is 5.90. The van der Waals surface area contributed by atoms with Crippen molar-refractivity contribution >= 4 is 17.3 Å². The third kappa shape index (κ3) is 3.70. The Bertz CT molecular complexity index is 782. The molecule has 10 heteroatoms. The number of hydrogen-bond donors (Lipinski definition) is 1. The van der Waals surface area contributed by atoms with E-state index in [1.807, 2.05) is 0 Å². The van der Waals surface area contributed by atoms with Crippen LogP contribution in [0.25, 0.3) is 0 Å². The van der Waals surface area contributed by atoms with E-state index in [-0.39, 0.29) is 29.3 Å². The summed E-state index contributed by atoms with van der Waals surface area (Å²) in [4.78, 5) is 22.3. The average Bonchev–Trinajstić information content (AvgIpc) is 2.72. The Morgan fingerprint density at radius 2 is 1.88 bits per heavy atom. The maximum atomic E-state index is 12.5. The Balaban J connectivity index is 2.09. The second-order valence-corrected chi connectivity index (χ2v) is 5.06. The minimum absolute atomic E-state index is 0.169. The van der Waals surface area contributed by atoms with Crippen LogP contribution in [-0.4, -0.2) is 20.6 Å². The van der Waals surface area contributed by atoms with Gasteiger partial charge >= 0.3 is 11.9 Å². The van der Waals surface area contributed by atoms with Crippen molar-refractivity contribution in [3.8, 4) is 0 Å². The molecule has 0 aliphatic carbocycles. The second kappa shape index (κ2) is 6.30. The van der Waals surface area contributed by atoms with E-state index >= 15 is 0 Å². The van der Waals surface area contributed by atoms with E-state index in [9.17, 15) is 28.1 Å². The summed E-state index contributed by atoms with van der Waals surface area (Å²) in [5, 5.41) is 17.2. The molecule has 0 fully saturated rings. The minimum Gasteiger partial charge on any atom is -0.324 e. The van der Waals surface area contributed by atoms with Crippen molar-refractivity contribution in [1.29, 1.82) is 0 Å². The first-order valence-corrected chi connectivity index (χ1v) is 6.75. The molecule has 0 spiro atoms. The summed E-state index contributed by atoms with van der Waals surface area (Å²) >= 11 is 0. The molecule has 1 amide bonds. The van der Waals surface area contributed by atoms with Crippen molar-refractivity contribution in [2.75, 3.05) is 5.32 Å². The molecular formula is C14H13F3N4O3. The third-order valence-electron chi connectivity index (χ3n) is 3.32. The summed E-state index contributed by atoms with van der Waals surface area (Å²) in [6.45, 7) is 2.63. The van der Waals surface area contributed by atoms with Gasteiger partial charge in [-0.3, -0.25) is 19.6 Å². The van der Waals surface area contributed by atoms with Crippen LogP contribution in [0.5, 0.6) is 0 Å². The summed E-state index contributed by atoms with van der Waals surface area (Å²) in [6, 6.07) is 3.96. The van der Waals surface area contributed by atoms with Crippen LogP contribution in [0.3, 0.4) is 0 Å². The topological polar surface area (TPSA) is 90.1 Å². The third-order valence-corrected chi connectivity index (χ3v) is 3.32. The number of rotatable bonds is 4. The van der Waals surface area contributed by atoms with Crippen LogP contribution in [0.1, 0.15) is 17.0 Å². The Labute approximate surface area is 134 Å². The first kappa shape index (κ1) is 17.4. The van der Waals surface area contributed by atoms with Crippen molar-refractivity contribution in [3.05, 3.63) is 51.3 Å². The van der Waals surface area contributed by atoms with Crippen molar-refractivity contribution in [3.63, 3.8) is 0 Å². The van der Waals surface area contributed by atoms with Gasteiger partial charge in [-0.05, 0) is 38.1 Å². The number of hydrogen-bond acceptors (Lipinski definition) is 4.